The molecular formula is C14H14Cl2N2O2. The van der Waals surface area contributed by atoms with E-state index in [1.165, 1.54) is 0 Å². The van der Waals surface area contributed by atoms with E-state index >= 15 is 0 Å². The van der Waals surface area contributed by atoms with Gasteiger partial charge >= 0.3 is 0 Å². The fourth-order valence-corrected chi connectivity index (χ4v) is 1.85. The minimum Gasteiger partial charge on any atom is -1.00 e. The molecule has 4 nitrogen and oxygen atoms in total. The fraction of sp³-hybridized carbons (Fsp3) is 0.143. The van der Waals surface area contributed by atoms with Crippen LogP contribution in [0.25, 0.3) is 0 Å². The number of carbonyl (C=O) groups is 1. The standard InChI is InChI=1S/C14H13ClN2O2.ClH/c1-19-13-6-5-11(15)9-12(13)16-14(18)10-17-7-3-2-4-8-17;/h2-9H,10H2,1H3;1H. The summed E-state index contributed by atoms with van der Waals surface area (Å²) >= 11 is 5.91. The van der Waals surface area contributed by atoms with E-state index in [1.54, 1.807) is 29.9 Å². The maximum atomic E-state index is 11.9. The molecule has 0 atom stereocenters. The van der Waals surface area contributed by atoms with Gasteiger partial charge in [-0.3, -0.25) is 4.79 Å². The highest BCUT2D eigenvalue weighted by atomic mass is 35.5. The zero-order valence-electron chi connectivity index (χ0n) is 10.8. The molecule has 0 fully saturated rings. The first-order valence-electron chi connectivity index (χ1n) is 5.76. The first-order valence-corrected chi connectivity index (χ1v) is 6.14. The summed E-state index contributed by atoms with van der Waals surface area (Å²) in [4.78, 5) is 11.9. The summed E-state index contributed by atoms with van der Waals surface area (Å²) < 4.78 is 6.96. The van der Waals surface area contributed by atoms with Gasteiger partial charge in [-0.15, -0.1) is 0 Å². The summed E-state index contributed by atoms with van der Waals surface area (Å²) in [6.45, 7) is 0.233. The number of rotatable bonds is 4. The molecule has 0 saturated carbocycles. The Morgan fingerprint density at radius 1 is 1.30 bits per heavy atom. The van der Waals surface area contributed by atoms with E-state index in [0.29, 0.717) is 16.5 Å². The van der Waals surface area contributed by atoms with Gasteiger partial charge < -0.3 is 22.5 Å². The molecule has 1 heterocycles. The van der Waals surface area contributed by atoms with Crippen LogP contribution in [0.1, 0.15) is 0 Å². The first kappa shape index (κ1) is 16.3. The highest BCUT2D eigenvalue weighted by Gasteiger charge is 2.12. The number of pyridine rings is 1. The lowest BCUT2D eigenvalue weighted by molar-refractivity contribution is -0.684. The third-order valence-corrected chi connectivity index (χ3v) is 2.77. The largest absolute Gasteiger partial charge is 1.00 e. The van der Waals surface area contributed by atoms with Crippen molar-refractivity contribution in [2.24, 2.45) is 0 Å². The van der Waals surface area contributed by atoms with Crippen LogP contribution < -0.4 is 27.0 Å². The highest BCUT2D eigenvalue weighted by molar-refractivity contribution is 6.31. The van der Waals surface area contributed by atoms with Gasteiger partial charge in [0.2, 0.25) is 6.54 Å². The van der Waals surface area contributed by atoms with Crippen LogP contribution in [0.3, 0.4) is 0 Å². The third kappa shape index (κ3) is 4.40. The topological polar surface area (TPSA) is 42.2 Å². The van der Waals surface area contributed by atoms with Crippen LogP contribution >= 0.6 is 11.6 Å². The molecule has 0 aliphatic heterocycles. The van der Waals surface area contributed by atoms with E-state index < -0.39 is 0 Å². The Kier molecular flexibility index (Phi) is 6.28. The minimum absolute atomic E-state index is 0. The smallest absolute Gasteiger partial charge is 0.290 e. The van der Waals surface area contributed by atoms with Gasteiger partial charge in [0.05, 0.1) is 12.8 Å². The number of hydrogen-bond donors (Lipinski definition) is 1. The van der Waals surface area contributed by atoms with Crippen molar-refractivity contribution < 1.29 is 26.5 Å². The summed E-state index contributed by atoms with van der Waals surface area (Å²) in [5.41, 5.74) is 0.566. The Labute approximate surface area is 128 Å². The van der Waals surface area contributed by atoms with Crippen LogP contribution in [-0.2, 0) is 11.3 Å². The minimum atomic E-state index is -0.142. The van der Waals surface area contributed by atoms with Crippen LogP contribution in [0.4, 0.5) is 5.69 Å². The molecule has 106 valence electrons. The quantitative estimate of drug-likeness (QED) is 0.757. The average Bonchev–Trinajstić information content (AvgIpc) is 2.40. The molecule has 1 aromatic carbocycles. The number of methoxy groups -OCH3 is 1. The van der Waals surface area contributed by atoms with Crippen molar-refractivity contribution in [3.8, 4) is 5.75 Å². The highest BCUT2D eigenvalue weighted by Crippen LogP contribution is 2.27. The van der Waals surface area contributed by atoms with Crippen LogP contribution in [0.5, 0.6) is 5.75 Å². The predicted molar refractivity (Wildman–Crippen MR) is 73.3 cm³/mol. The van der Waals surface area contributed by atoms with Crippen molar-refractivity contribution in [2.45, 2.75) is 6.54 Å². The molecule has 1 N–H and O–H groups in total. The van der Waals surface area contributed by atoms with E-state index in [9.17, 15) is 4.79 Å². The molecular weight excluding hydrogens is 299 g/mol. The third-order valence-electron chi connectivity index (χ3n) is 2.54. The Morgan fingerprint density at radius 2 is 2.00 bits per heavy atom. The number of hydrogen-bond acceptors (Lipinski definition) is 2. The number of aromatic nitrogens is 1. The lowest BCUT2D eigenvalue weighted by Crippen LogP contribution is -3.00. The van der Waals surface area contributed by atoms with Crippen LogP contribution in [-0.4, -0.2) is 13.0 Å². The van der Waals surface area contributed by atoms with E-state index in [4.69, 9.17) is 16.3 Å². The second kappa shape index (κ2) is 7.72. The number of nitrogens with zero attached hydrogens (tertiary/aromatic N) is 1. The second-order valence-corrected chi connectivity index (χ2v) is 4.38. The number of ether oxygens (including phenoxy) is 1. The Morgan fingerprint density at radius 3 is 2.65 bits per heavy atom. The van der Waals surface area contributed by atoms with Gasteiger partial charge in [-0.1, -0.05) is 17.7 Å². The maximum absolute atomic E-state index is 11.9. The van der Waals surface area contributed by atoms with E-state index in [2.05, 4.69) is 5.32 Å². The van der Waals surface area contributed by atoms with E-state index in [0.717, 1.165) is 0 Å². The maximum Gasteiger partial charge on any atom is 0.290 e. The normalized spacial score (nSPS) is 9.50. The van der Waals surface area contributed by atoms with Crippen molar-refractivity contribution in [3.63, 3.8) is 0 Å². The van der Waals surface area contributed by atoms with Gasteiger partial charge in [0.15, 0.2) is 12.4 Å². The molecule has 0 bridgehead atoms. The van der Waals surface area contributed by atoms with Gasteiger partial charge in [-0.25, -0.2) is 0 Å². The van der Waals surface area contributed by atoms with Crippen molar-refractivity contribution in [2.75, 3.05) is 12.4 Å². The van der Waals surface area contributed by atoms with Gasteiger partial charge in [0.25, 0.3) is 5.91 Å². The molecule has 2 rings (SSSR count). The molecule has 1 aromatic heterocycles. The summed E-state index contributed by atoms with van der Waals surface area (Å²) in [6, 6.07) is 10.7. The number of amides is 1. The molecule has 2 aromatic rings. The van der Waals surface area contributed by atoms with Crippen LogP contribution in [0.2, 0.25) is 5.02 Å². The predicted octanol–water partition coefficient (Wildman–Crippen LogP) is -0.721. The fourth-order valence-electron chi connectivity index (χ4n) is 1.67. The SMILES string of the molecule is COc1ccc(Cl)cc1NC(=O)C[n+]1ccccc1.[Cl-]. The summed E-state index contributed by atoms with van der Waals surface area (Å²) in [7, 11) is 1.55. The van der Waals surface area contributed by atoms with E-state index in [-0.39, 0.29) is 24.9 Å². The molecule has 0 aliphatic carbocycles. The van der Waals surface area contributed by atoms with Crippen molar-refractivity contribution in [1.29, 1.82) is 0 Å². The summed E-state index contributed by atoms with van der Waals surface area (Å²) in [5.74, 6) is 0.438. The molecule has 0 saturated heterocycles. The van der Waals surface area contributed by atoms with Crippen molar-refractivity contribution in [3.05, 3.63) is 53.8 Å². The molecule has 0 radical (unpaired) electrons. The Hall–Kier alpha value is -1.78. The second-order valence-electron chi connectivity index (χ2n) is 3.94. The number of nitrogens with one attached hydrogen (secondary N) is 1. The number of benzene rings is 1. The molecule has 20 heavy (non-hydrogen) atoms. The van der Waals surface area contributed by atoms with Crippen molar-refractivity contribution in [1.82, 2.24) is 0 Å². The zero-order chi connectivity index (χ0) is 13.7. The van der Waals surface area contributed by atoms with Gasteiger partial charge in [0, 0.05) is 17.2 Å². The Balaban J connectivity index is 0.00000200. The molecule has 0 unspecified atom stereocenters. The molecule has 0 aliphatic rings. The lowest BCUT2D eigenvalue weighted by atomic mass is 10.3. The summed E-state index contributed by atoms with van der Waals surface area (Å²) in [6.07, 6.45) is 3.66. The average molecular weight is 313 g/mol. The lowest BCUT2D eigenvalue weighted by Gasteiger charge is -2.09. The first-order chi connectivity index (χ1) is 9.19. The van der Waals surface area contributed by atoms with Gasteiger partial charge in [-0.05, 0) is 18.2 Å². The Bertz CT molecular complexity index is 577. The monoisotopic (exact) mass is 312 g/mol. The summed E-state index contributed by atoms with van der Waals surface area (Å²) in [5, 5.41) is 3.33. The number of carbonyl (C=O) groups excluding carboxylic acids is 1. The number of anilines is 1. The van der Waals surface area contributed by atoms with Gasteiger partial charge in [-0.2, -0.15) is 4.57 Å². The molecule has 1 amide bonds. The van der Waals surface area contributed by atoms with Crippen LogP contribution in [0.15, 0.2) is 48.8 Å². The molecule has 6 heteroatoms. The van der Waals surface area contributed by atoms with Crippen LogP contribution in [0, 0.1) is 0 Å². The van der Waals surface area contributed by atoms with E-state index in [1.807, 2.05) is 30.6 Å². The molecule has 0 spiro atoms. The number of halogens is 2. The zero-order valence-corrected chi connectivity index (χ0v) is 12.4. The van der Waals surface area contributed by atoms with Gasteiger partial charge in [0.1, 0.15) is 5.75 Å². The van der Waals surface area contributed by atoms with Crippen molar-refractivity contribution >= 4 is 23.2 Å².